The van der Waals surface area contributed by atoms with E-state index in [9.17, 15) is 4.79 Å². The van der Waals surface area contributed by atoms with E-state index >= 15 is 0 Å². The van der Waals surface area contributed by atoms with Crippen LogP contribution in [0.25, 0.3) is 0 Å². The molecule has 0 fully saturated rings. The van der Waals surface area contributed by atoms with Crippen molar-refractivity contribution in [2.24, 2.45) is 11.7 Å². The molecule has 2 atom stereocenters. The van der Waals surface area contributed by atoms with Crippen LogP contribution < -0.4 is 11.1 Å². The topological polar surface area (TPSA) is 64.3 Å². The maximum atomic E-state index is 11.3. The van der Waals surface area contributed by atoms with Crippen LogP contribution in [0.2, 0.25) is 0 Å². The number of methoxy groups -OCH3 is 1. The van der Waals surface area contributed by atoms with Crippen molar-refractivity contribution in [1.29, 1.82) is 0 Å². The largest absolute Gasteiger partial charge is 0.383 e. The van der Waals surface area contributed by atoms with Crippen molar-refractivity contribution in [3.63, 3.8) is 0 Å². The molecule has 0 aromatic heterocycles. The van der Waals surface area contributed by atoms with Gasteiger partial charge in [0.1, 0.15) is 0 Å². The van der Waals surface area contributed by atoms with Crippen LogP contribution in [0.5, 0.6) is 0 Å². The summed E-state index contributed by atoms with van der Waals surface area (Å²) in [5.41, 5.74) is 5.46. The monoisotopic (exact) mass is 202 g/mol. The Morgan fingerprint density at radius 3 is 2.64 bits per heavy atom. The smallest absolute Gasteiger partial charge is 0.220 e. The van der Waals surface area contributed by atoms with E-state index in [1.54, 1.807) is 7.11 Å². The summed E-state index contributed by atoms with van der Waals surface area (Å²) in [6, 6.07) is 0.0840. The minimum atomic E-state index is 0.0786. The van der Waals surface area contributed by atoms with E-state index in [1.165, 1.54) is 0 Å². The maximum absolute atomic E-state index is 11.3. The van der Waals surface area contributed by atoms with E-state index in [4.69, 9.17) is 10.5 Å². The summed E-state index contributed by atoms with van der Waals surface area (Å²) in [7, 11) is 1.62. The molecule has 0 spiro atoms. The van der Waals surface area contributed by atoms with Gasteiger partial charge in [0.2, 0.25) is 5.91 Å². The fourth-order valence-electron chi connectivity index (χ4n) is 1.13. The second-order valence-corrected chi connectivity index (χ2v) is 3.80. The van der Waals surface area contributed by atoms with Crippen LogP contribution in [0.4, 0.5) is 0 Å². The molecule has 0 heterocycles. The molecule has 0 bridgehead atoms. The van der Waals surface area contributed by atoms with Crippen molar-refractivity contribution in [2.45, 2.75) is 32.7 Å². The highest BCUT2D eigenvalue weighted by Gasteiger charge is 2.08. The molecule has 1 amide bonds. The lowest BCUT2D eigenvalue weighted by Gasteiger charge is -2.13. The molecule has 14 heavy (non-hydrogen) atoms. The SMILES string of the molecule is COCC(C)NC(=O)CCC(C)CN. The molecule has 0 aromatic carbocycles. The third kappa shape index (κ3) is 6.86. The summed E-state index contributed by atoms with van der Waals surface area (Å²) < 4.78 is 4.92. The summed E-state index contributed by atoms with van der Waals surface area (Å²) >= 11 is 0. The van der Waals surface area contributed by atoms with Crippen LogP contribution >= 0.6 is 0 Å². The summed E-state index contributed by atoms with van der Waals surface area (Å²) in [5, 5.41) is 2.86. The lowest BCUT2D eigenvalue weighted by molar-refractivity contribution is -0.122. The first-order chi connectivity index (χ1) is 6.60. The first kappa shape index (κ1) is 13.4. The first-order valence-electron chi connectivity index (χ1n) is 5.08. The number of carbonyl (C=O) groups is 1. The third-order valence-electron chi connectivity index (χ3n) is 2.09. The van der Waals surface area contributed by atoms with Crippen LogP contribution in [0, 0.1) is 5.92 Å². The zero-order valence-corrected chi connectivity index (χ0v) is 9.38. The molecule has 0 aliphatic heterocycles. The fourth-order valence-corrected chi connectivity index (χ4v) is 1.13. The molecule has 0 radical (unpaired) electrons. The molecule has 0 rings (SSSR count). The Kier molecular flexibility index (Phi) is 7.42. The average molecular weight is 202 g/mol. The predicted octanol–water partition coefficient (Wildman–Crippen LogP) is 0.513. The Bertz CT molecular complexity index is 162. The van der Waals surface area contributed by atoms with E-state index in [0.29, 0.717) is 25.5 Å². The first-order valence-corrected chi connectivity index (χ1v) is 5.08. The molecule has 4 heteroatoms. The maximum Gasteiger partial charge on any atom is 0.220 e. The summed E-state index contributed by atoms with van der Waals surface area (Å²) in [4.78, 5) is 11.3. The Balaban J connectivity index is 3.54. The van der Waals surface area contributed by atoms with E-state index in [1.807, 2.05) is 13.8 Å². The van der Waals surface area contributed by atoms with Crippen LogP contribution in [-0.2, 0) is 9.53 Å². The number of ether oxygens (including phenoxy) is 1. The van der Waals surface area contributed by atoms with Gasteiger partial charge >= 0.3 is 0 Å². The van der Waals surface area contributed by atoms with Crippen molar-refractivity contribution in [2.75, 3.05) is 20.3 Å². The molecule has 0 aromatic rings. The molecule has 4 nitrogen and oxygen atoms in total. The van der Waals surface area contributed by atoms with E-state index in [0.717, 1.165) is 6.42 Å². The normalized spacial score (nSPS) is 14.9. The molecule has 84 valence electrons. The standard InChI is InChI=1S/C10H22N2O2/c1-8(6-11)4-5-10(13)12-9(2)7-14-3/h8-9H,4-7,11H2,1-3H3,(H,12,13). The highest BCUT2D eigenvalue weighted by atomic mass is 16.5. The summed E-state index contributed by atoms with van der Waals surface area (Å²) in [5.74, 6) is 0.494. The predicted molar refractivity (Wildman–Crippen MR) is 56.9 cm³/mol. The second-order valence-electron chi connectivity index (χ2n) is 3.80. The highest BCUT2D eigenvalue weighted by Crippen LogP contribution is 2.02. The van der Waals surface area contributed by atoms with Crippen LogP contribution in [-0.4, -0.2) is 32.2 Å². The Hall–Kier alpha value is -0.610. The van der Waals surface area contributed by atoms with Gasteiger partial charge in [-0.15, -0.1) is 0 Å². The van der Waals surface area contributed by atoms with Gasteiger partial charge in [-0.05, 0) is 25.8 Å². The summed E-state index contributed by atoms with van der Waals surface area (Å²) in [6.07, 6.45) is 1.40. The molecule has 0 saturated carbocycles. The molecule has 3 N–H and O–H groups in total. The second kappa shape index (κ2) is 7.76. The van der Waals surface area contributed by atoms with Crippen molar-refractivity contribution in [3.8, 4) is 0 Å². The number of nitrogens with two attached hydrogens (primary N) is 1. The molecule has 0 aliphatic rings. The number of nitrogens with one attached hydrogen (secondary N) is 1. The van der Waals surface area contributed by atoms with Crippen molar-refractivity contribution in [3.05, 3.63) is 0 Å². The minimum Gasteiger partial charge on any atom is -0.383 e. The Labute approximate surface area is 86.2 Å². The summed E-state index contributed by atoms with van der Waals surface area (Å²) in [6.45, 7) is 5.17. The zero-order valence-electron chi connectivity index (χ0n) is 9.38. The quantitative estimate of drug-likeness (QED) is 0.632. The average Bonchev–Trinajstić information content (AvgIpc) is 2.14. The Morgan fingerprint density at radius 1 is 1.50 bits per heavy atom. The zero-order chi connectivity index (χ0) is 11.0. The van der Waals surface area contributed by atoms with E-state index in [2.05, 4.69) is 5.32 Å². The Morgan fingerprint density at radius 2 is 2.14 bits per heavy atom. The highest BCUT2D eigenvalue weighted by molar-refractivity contribution is 5.76. The molecular formula is C10H22N2O2. The van der Waals surface area contributed by atoms with Gasteiger partial charge in [0, 0.05) is 19.6 Å². The number of hydrogen-bond donors (Lipinski definition) is 2. The lowest BCUT2D eigenvalue weighted by Crippen LogP contribution is -2.35. The fraction of sp³-hybridized carbons (Fsp3) is 0.900. The van der Waals surface area contributed by atoms with Gasteiger partial charge in [-0.25, -0.2) is 0 Å². The van der Waals surface area contributed by atoms with Gasteiger partial charge in [-0.2, -0.15) is 0 Å². The van der Waals surface area contributed by atoms with E-state index in [-0.39, 0.29) is 11.9 Å². The van der Waals surface area contributed by atoms with Crippen molar-refractivity contribution >= 4 is 5.91 Å². The molecule has 0 saturated heterocycles. The van der Waals surface area contributed by atoms with Gasteiger partial charge in [-0.1, -0.05) is 6.92 Å². The van der Waals surface area contributed by atoms with Gasteiger partial charge in [0.15, 0.2) is 0 Å². The van der Waals surface area contributed by atoms with Crippen LogP contribution in [0.3, 0.4) is 0 Å². The van der Waals surface area contributed by atoms with Gasteiger partial charge in [0.25, 0.3) is 0 Å². The lowest BCUT2D eigenvalue weighted by atomic mass is 10.1. The number of rotatable bonds is 7. The third-order valence-corrected chi connectivity index (χ3v) is 2.09. The number of carbonyl (C=O) groups excluding carboxylic acids is 1. The van der Waals surface area contributed by atoms with Crippen molar-refractivity contribution in [1.82, 2.24) is 5.32 Å². The molecule has 2 unspecified atom stereocenters. The van der Waals surface area contributed by atoms with Crippen molar-refractivity contribution < 1.29 is 9.53 Å². The van der Waals surface area contributed by atoms with Crippen LogP contribution in [0.15, 0.2) is 0 Å². The van der Waals surface area contributed by atoms with Gasteiger partial charge < -0.3 is 15.8 Å². The van der Waals surface area contributed by atoms with Crippen LogP contribution in [0.1, 0.15) is 26.7 Å². The van der Waals surface area contributed by atoms with E-state index < -0.39 is 0 Å². The molecular weight excluding hydrogens is 180 g/mol. The van der Waals surface area contributed by atoms with Gasteiger partial charge in [-0.3, -0.25) is 4.79 Å². The molecule has 0 aliphatic carbocycles. The number of amides is 1. The van der Waals surface area contributed by atoms with Gasteiger partial charge in [0.05, 0.1) is 6.61 Å². The minimum absolute atomic E-state index is 0.0786. The number of hydrogen-bond acceptors (Lipinski definition) is 3.